The third-order valence-corrected chi connectivity index (χ3v) is 4.80. The number of aromatic nitrogens is 1. The van der Waals surface area contributed by atoms with Gasteiger partial charge in [0.2, 0.25) is 11.8 Å². The van der Waals surface area contributed by atoms with E-state index in [1.165, 1.54) is 0 Å². The van der Waals surface area contributed by atoms with Crippen molar-refractivity contribution >= 4 is 12.0 Å². The van der Waals surface area contributed by atoms with E-state index in [1.807, 2.05) is 44.2 Å². The summed E-state index contributed by atoms with van der Waals surface area (Å²) in [4.78, 5) is 31.5. The van der Waals surface area contributed by atoms with Crippen molar-refractivity contribution in [3.8, 4) is 5.75 Å². The molecule has 1 aromatic heterocycles. The number of alkyl carbamates (subject to hydrolysis) is 1. The highest BCUT2D eigenvalue weighted by atomic mass is 16.6. The molecule has 31 heavy (non-hydrogen) atoms. The molecule has 0 radical (unpaired) electrons. The zero-order chi connectivity index (χ0) is 22.6. The molecular weight excluding hydrogens is 398 g/mol. The number of carbonyl (C=O) groups is 2. The van der Waals surface area contributed by atoms with Crippen LogP contribution in [0.3, 0.4) is 0 Å². The Kier molecular flexibility index (Phi) is 6.87. The van der Waals surface area contributed by atoms with Gasteiger partial charge in [-0.25, -0.2) is 9.78 Å². The molecule has 2 aromatic rings. The van der Waals surface area contributed by atoms with Crippen molar-refractivity contribution in [2.75, 3.05) is 6.54 Å². The molecule has 0 aliphatic carbocycles. The number of para-hydroxylation sites is 1. The zero-order valence-corrected chi connectivity index (χ0v) is 18.8. The van der Waals surface area contributed by atoms with Gasteiger partial charge in [0.15, 0.2) is 6.61 Å². The lowest BCUT2D eigenvalue weighted by Crippen LogP contribution is -2.53. The fraction of sp³-hybridized carbons (Fsp3) is 0.522. The smallest absolute Gasteiger partial charge is 0.408 e. The molecule has 0 bridgehead atoms. The summed E-state index contributed by atoms with van der Waals surface area (Å²) < 4.78 is 16.9. The summed E-state index contributed by atoms with van der Waals surface area (Å²) in [5, 5.41) is 2.72. The highest BCUT2D eigenvalue weighted by Gasteiger charge is 2.33. The van der Waals surface area contributed by atoms with Crippen molar-refractivity contribution in [1.29, 1.82) is 0 Å². The molecule has 0 fully saturated rings. The van der Waals surface area contributed by atoms with Crippen LogP contribution in [0.15, 0.2) is 34.7 Å². The van der Waals surface area contributed by atoms with Crippen LogP contribution < -0.4 is 10.1 Å². The second kappa shape index (κ2) is 9.41. The summed E-state index contributed by atoms with van der Waals surface area (Å²) in [5.41, 5.74) is 0.212. The molecule has 1 atom stereocenters. The molecule has 1 aliphatic heterocycles. The predicted molar refractivity (Wildman–Crippen MR) is 114 cm³/mol. The normalized spacial score (nSPS) is 14.7. The maximum absolute atomic E-state index is 13.1. The minimum absolute atomic E-state index is 0.0917. The topological polar surface area (TPSA) is 93.9 Å². The van der Waals surface area contributed by atoms with Crippen LogP contribution in [0.2, 0.25) is 0 Å². The van der Waals surface area contributed by atoms with Crippen molar-refractivity contribution in [3.05, 3.63) is 47.7 Å². The average Bonchev–Trinajstić information content (AvgIpc) is 3.11. The van der Waals surface area contributed by atoms with E-state index in [-0.39, 0.29) is 18.4 Å². The molecule has 0 saturated heterocycles. The lowest BCUT2D eigenvalue weighted by Gasteiger charge is -2.31. The van der Waals surface area contributed by atoms with Crippen molar-refractivity contribution in [2.45, 2.75) is 65.8 Å². The summed E-state index contributed by atoms with van der Waals surface area (Å²) in [7, 11) is 0. The van der Waals surface area contributed by atoms with E-state index in [0.717, 1.165) is 11.4 Å². The van der Waals surface area contributed by atoms with E-state index in [4.69, 9.17) is 13.9 Å². The molecule has 8 heteroatoms. The van der Waals surface area contributed by atoms with Crippen molar-refractivity contribution in [1.82, 2.24) is 15.2 Å². The van der Waals surface area contributed by atoms with E-state index in [2.05, 4.69) is 10.3 Å². The Morgan fingerprint density at radius 1 is 1.23 bits per heavy atom. The van der Waals surface area contributed by atoms with Gasteiger partial charge >= 0.3 is 6.09 Å². The van der Waals surface area contributed by atoms with Gasteiger partial charge in [-0.05, 0) is 38.8 Å². The molecule has 2 heterocycles. The van der Waals surface area contributed by atoms with Gasteiger partial charge in [-0.2, -0.15) is 0 Å². The highest BCUT2D eigenvalue weighted by Crippen LogP contribution is 2.22. The lowest BCUT2D eigenvalue weighted by atomic mass is 10.0. The predicted octanol–water partition coefficient (Wildman–Crippen LogP) is 3.69. The minimum atomic E-state index is -0.680. The Balaban J connectivity index is 1.62. The lowest BCUT2D eigenvalue weighted by molar-refractivity contribution is -0.135. The monoisotopic (exact) mass is 429 g/mol. The van der Waals surface area contributed by atoms with Crippen LogP contribution in [0, 0.1) is 5.92 Å². The third kappa shape index (κ3) is 6.23. The Labute approximate surface area is 182 Å². The van der Waals surface area contributed by atoms with Crippen LogP contribution in [0.1, 0.15) is 52.0 Å². The summed E-state index contributed by atoms with van der Waals surface area (Å²) in [6.45, 7) is 10.2. The standard InChI is InChI=1S/C23H31N3O5/c1-15(2)20(25-22(28)31-23(3,4)5)21(27)26-12-11-17-18(13-26)30-19(24-17)14-29-16-9-7-6-8-10-16/h6-10,15,20H,11-14H2,1-5H3,(H,25,28). The summed E-state index contributed by atoms with van der Waals surface area (Å²) in [6, 6.07) is 8.77. The van der Waals surface area contributed by atoms with E-state index < -0.39 is 17.7 Å². The van der Waals surface area contributed by atoms with Gasteiger partial charge in [0.25, 0.3) is 0 Å². The molecule has 8 nitrogen and oxygen atoms in total. The van der Waals surface area contributed by atoms with Crippen LogP contribution in [0.4, 0.5) is 4.79 Å². The van der Waals surface area contributed by atoms with Crippen LogP contribution >= 0.6 is 0 Å². The van der Waals surface area contributed by atoms with Crippen LogP contribution in [-0.2, 0) is 29.1 Å². The van der Waals surface area contributed by atoms with Crippen molar-refractivity contribution in [2.24, 2.45) is 5.92 Å². The number of benzene rings is 1. The Hall–Kier alpha value is -3.03. The Bertz CT molecular complexity index is 902. The molecule has 0 spiro atoms. The number of nitrogens with one attached hydrogen (secondary N) is 1. The van der Waals surface area contributed by atoms with E-state index in [1.54, 1.807) is 25.7 Å². The van der Waals surface area contributed by atoms with Crippen molar-refractivity contribution < 1.29 is 23.5 Å². The number of fused-ring (bicyclic) bond motifs is 1. The van der Waals surface area contributed by atoms with Crippen LogP contribution in [0.5, 0.6) is 5.75 Å². The molecule has 3 rings (SSSR count). The maximum atomic E-state index is 13.1. The average molecular weight is 430 g/mol. The van der Waals surface area contributed by atoms with E-state index in [9.17, 15) is 9.59 Å². The van der Waals surface area contributed by atoms with Crippen molar-refractivity contribution in [3.63, 3.8) is 0 Å². The largest absolute Gasteiger partial charge is 0.484 e. The summed E-state index contributed by atoms with van der Waals surface area (Å²) in [6.07, 6.45) is -0.00932. The van der Waals surface area contributed by atoms with Crippen LogP contribution in [-0.4, -0.2) is 40.1 Å². The summed E-state index contributed by atoms with van der Waals surface area (Å²) in [5.74, 6) is 1.63. The van der Waals surface area contributed by atoms with Gasteiger partial charge in [0.05, 0.1) is 12.2 Å². The molecule has 1 aliphatic rings. The first-order valence-electron chi connectivity index (χ1n) is 10.6. The maximum Gasteiger partial charge on any atom is 0.408 e. The number of hydrogen-bond donors (Lipinski definition) is 1. The fourth-order valence-electron chi connectivity index (χ4n) is 3.31. The quantitative estimate of drug-likeness (QED) is 0.753. The second-order valence-electron chi connectivity index (χ2n) is 8.96. The number of amides is 2. The molecule has 2 amide bonds. The first-order chi connectivity index (χ1) is 14.6. The highest BCUT2D eigenvalue weighted by molar-refractivity contribution is 5.86. The SMILES string of the molecule is CC(C)C(NC(=O)OC(C)(C)C)C(=O)N1CCc2nc(COc3ccccc3)oc2C1. The number of nitrogens with zero attached hydrogens (tertiary/aromatic N) is 2. The second-order valence-corrected chi connectivity index (χ2v) is 8.96. The van der Waals surface area contributed by atoms with Gasteiger partial charge < -0.3 is 24.1 Å². The Morgan fingerprint density at radius 3 is 2.58 bits per heavy atom. The third-order valence-electron chi connectivity index (χ3n) is 4.80. The van der Waals surface area contributed by atoms with Gasteiger partial charge in [-0.15, -0.1) is 0 Å². The molecule has 1 aromatic carbocycles. The number of rotatable bonds is 6. The minimum Gasteiger partial charge on any atom is -0.484 e. The van der Waals surface area contributed by atoms with Gasteiger partial charge in [0, 0.05) is 13.0 Å². The van der Waals surface area contributed by atoms with E-state index >= 15 is 0 Å². The molecular formula is C23H31N3O5. The van der Waals surface area contributed by atoms with Crippen LogP contribution in [0.25, 0.3) is 0 Å². The number of oxazole rings is 1. The summed E-state index contributed by atoms with van der Waals surface area (Å²) >= 11 is 0. The van der Waals surface area contributed by atoms with E-state index in [0.29, 0.717) is 31.2 Å². The molecule has 1 unspecified atom stereocenters. The zero-order valence-electron chi connectivity index (χ0n) is 18.8. The number of hydrogen-bond acceptors (Lipinski definition) is 6. The fourth-order valence-corrected chi connectivity index (χ4v) is 3.31. The van der Waals surface area contributed by atoms with Gasteiger partial charge in [-0.3, -0.25) is 4.79 Å². The molecule has 1 N–H and O–H groups in total. The molecule has 0 saturated carbocycles. The first kappa shape index (κ1) is 22.7. The van der Waals surface area contributed by atoms with Gasteiger partial charge in [-0.1, -0.05) is 32.0 Å². The number of ether oxygens (including phenoxy) is 2. The first-order valence-corrected chi connectivity index (χ1v) is 10.6. The number of carbonyl (C=O) groups excluding carboxylic acids is 2. The van der Waals surface area contributed by atoms with Gasteiger partial charge in [0.1, 0.15) is 23.2 Å². The Morgan fingerprint density at radius 2 is 1.94 bits per heavy atom. The molecule has 168 valence electrons.